The van der Waals surface area contributed by atoms with E-state index in [4.69, 9.17) is 4.52 Å². The van der Waals surface area contributed by atoms with Crippen molar-refractivity contribution < 1.29 is 9.09 Å². The van der Waals surface area contributed by atoms with E-state index in [2.05, 4.69) is 6.92 Å². The predicted octanol–water partition coefficient (Wildman–Crippen LogP) is 4.90. The fraction of sp³-hybridized carbons (Fsp3) is 0.400. The minimum atomic E-state index is -3.05. The van der Waals surface area contributed by atoms with E-state index in [-0.39, 0.29) is 6.10 Å². The van der Waals surface area contributed by atoms with E-state index in [0.717, 1.165) is 10.6 Å². The number of rotatable bonds is 5. The summed E-state index contributed by atoms with van der Waals surface area (Å²) in [4.78, 5) is 0. The summed E-state index contributed by atoms with van der Waals surface area (Å²) in [6, 6.07) is 19.3. The van der Waals surface area contributed by atoms with Gasteiger partial charge in [0.15, 0.2) is 0 Å². The van der Waals surface area contributed by atoms with Gasteiger partial charge in [0.1, 0.15) is 0 Å². The first-order chi connectivity index (χ1) is 11.2. The van der Waals surface area contributed by atoms with Crippen molar-refractivity contribution in [2.24, 2.45) is 5.92 Å². The second kappa shape index (κ2) is 7.47. The van der Waals surface area contributed by atoms with E-state index < -0.39 is 7.37 Å². The molecule has 0 unspecified atom stereocenters. The van der Waals surface area contributed by atoms with Gasteiger partial charge in [-0.2, -0.15) is 0 Å². The molecule has 2 nitrogen and oxygen atoms in total. The van der Waals surface area contributed by atoms with Gasteiger partial charge in [0.25, 0.3) is 7.37 Å². The van der Waals surface area contributed by atoms with Crippen LogP contribution in [0.3, 0.4) is 0 Å². The fourth-order valence-electron chi connectivity index (χ4n) is 3.44. The summed E-state index contributed by atoms with van der Waals surface area (Å²) < 4.78 is 20.2. The molecule has 0 bridgehead atoms. The summed E-state index contributed by atoms with van der Waals surface area (Å²) in [6.45, 7) is 2.09. The van der Waals surface area contributed by atoms with Crippen LogP contribution in [-0.4, -0.2) is 6.10 Å². The van der Waals surface area contributed by atoms with Gasteiger partial charge in [0.05, 0.1) is 6.10 Å². The zero-order valence-electron chi connectivity index (χ0n) is 13.7. The van der Waals surface area contributed by atoms with Crippen molar-refractivity contribution >= 4 is 18.0 Å². The summed E-state index contributed by atoms with van der Waals surface area (Å²) >= 11 is 0. The maximum absolute atomic E-state index is 13.8. The topological polar surface area (TPSA) is 26.3 Å². The fourth-order valence-corrected chi connectivity index (χ4v) is 5.75. The Bertz CT molecular complexity index is 604. The molecule has 2 aromatic carbocycles. The molecule has 0 aromatic heterocycles. The largest absolute Gasteiger partial charge is 0.319 e. The van der Waals surface area contributed by atoms with Crippen molar-refractivity contribution in [3.63, 3.8) is 0 Å². The van der Waals surface area contributed by atoms with Crippen LogP contribution < -0.4 is 10.6 Å². The van der Waals surface area contributed by atoms with Crippen LogP contribution in [0.5, 0.6) is 0 Å². The van der Waals surface area contributed by atoms with Crippen molar-refractivity contribution in [3.05, 3.63) is 60.7 Å². The molecule has 0 spiro atoms. The Balaban J connectivity index is 1.91. The SMILES string of the molecule is C[C@@H](OP(=O)(c1ccccc1)c1ccccc1)C1CCCCC1. The van der Waals surface area contributed by atoms with Gasteiger partial charge in [0, 0.05) is 10.6 Å². The van der Waals surface area contributed by atoms with Gasteiger partial charge in [-0.05, 0) is 49.9 Å². The molecule has 3 rings (SSSR count). The van der Waals surface area contributed by atoms with Crippen LogP contribution in [-0.2, 0) is 9.09 Å². The highest BCUT2D eigenvalue weighted by Crippen LogP contribution is 2.47. The average Bonchev–Trinajstić information content (AvgIpc) is 2.64. The van der Waals surface area contributed by atoms with E-state index in [0.29, 0.717) is 5.92 Å². The lowest BCUT2D eigenvalue weighted by atomic mass is 9.86. The standard InChI is InChI=1S/C20H25O2P/c1-17(18-11-5-2-6-12-18)22-23(21,19-13-7-3-8-14-19)20-15-9-4-10-16-20/h3-4,7-10,13-18H,2,5-6,11-12H2,1H3/t17-/m1/s1. The van der Waals surface area contributed by atoms with E-state index in [1.807, 2.05) is 60.7 Å². The summed E-state index contributed by atoms with van der Waals surface area (Å²) in [5, 5.41) is 1.57. The summed E-state index contributed by atoms with van der Waals surface area (Å²) in [7, 11) is -3.05. The van der Waals surface area contributed by atoms with Crippen LogP contribution in [0.4, 0.5) is 0 Å². The molecular weight excluding hydrogens is 303 g/mol. The van der Waals surface area contributed by atoms with E-state index in [1.165, 1.54) is 32.1 Å². The molecule has 1 aliphatic rings. The quantitative estimate of drug-likeness (QED) is 0.730. The lowest BCUT2D eigenvalue weighted by molar-refractivity contribution is 0.131. The van der Waals surface area contributed by atoms with Crippen molar-refractivity contribution in [1.29, 1.82) is 0 Å². The molecule has 23 heavy (non-hydrogen) atoms. The lowest BCUT2D eigenvalue weighted by Crippen LogP contribution is -2.27. The Kier molecular flexibility index (Phi) is 5.35. The number of hydrogen-bond acceptors (Lipinski definition) is 2. The Hall–Kier alpha value is -1.37. The second-order valence-electron chi connectivity index (χ2n) is 6.43. The molecule has 1 saturated carbocycles. The number of benzene rings is 2. The Labute approximate surface area is 139 Å². The molecular formula is C20H25O2P. The molecule has 1 fully saturated rings. The third-order valence-electron chi connectivity index (χ3n) is 4.82. The summed E-state index contributed by atoms with van der Waals surface area (Å²) in [6.07, 6.45) is 6.23. The molecule has 0 amide bonds. The van der Waals surface area contributed by atoms with Crippen LogP contribution in [0.25, 0.3) is 0 Å². The summed E-state index contributed by atoms with van der Waals surface area (Å²) in [5.41, 5.74) is 0. The molecule has 0 saturated heterocycles. The van der Waals surface area contributed by atoms with Gasteiger partial charge >= 0.3 is 0 Å². The first kappa shape index (κ1) is 16.5. The maximum Gasteiger partial charge on any atom is 0.261 e. The monoisotopic (exact) mass is 328 g/mol. The minimum absolute atomic E-state index is 0.0153. The Morgan fingerprint density at radius 2 is 1.35 bits per heavy atom. The molecule has 1 atom stereocenters. The normalized spacial score (nSPS) is 17.8. The van der Waals surface area contributed by atoms with Crippen LogP contribution in [0, 0.1) is 5.92 Å². The zero-order valence-corrected chi connectivity index (χ0v) is 14.6. The highest BCUT2D eigenvalue weighted by atomic mass is 31.2. The smallest absolute Gasteiger partial charge is 0.261 e. The van der Waals surface area contributed by atoms with Gasteiger partial charge in [-0.3, -0.25) is 4.57 Å². The van der Waals surface area contributed by atoms with Crippen molar-refractivity contribution in [3.8, 4) is 0 Å². The molecule has 0 aliphatic heterocycles. The minimum Gasteiger partial charge on any atom is -0.319 e. The molecule has 0 heterocycles. The number of hydrogen-bond donors (Lipinski definition) is 0. The zero-order chi connectivity index (χ0) is 16.1. The first-order valence-electron chi connectivity index (χ1n) is 8.60. The highest BCUT2D eigenvalue weighted by Gasteiger charge is 2.33. The molecule has 3 heteroatoms. The van der Waals surface area contributed by atoms with Crippen LogP contribution in [0.2, 0.25) is 0 Å². The lowest BCUT2D eigenvalue weighted by Gasteiger charge is -2.31. The molecule has 0 N–H and O–H groups in total. The highest BCUT2D eigenvalue weighted by molar-refractivity contribution is 7.74. The average molecular weight is 328 g/mol. The predicted molar refractivity (Wildman–Crippen MR) is 96.9 cm³/mol. The van der Waals surface area contributed by atoms with Gasteiger partial charge in [0.2, 0.25) is 0 Å². The molecule has 122 valence electrons. The van der Waals surface area contributed by atoms with Gasteiger partial charge in [-0.15, -0.1) is 0 Å². The van der Waals surface area contributed by atoms with E-state index >= 15 is 0 Å². The van der Waals surface area contributed by atoms with Crippen LogP contribution in [0.1, 0.15) is 39.0 Å². The van der Waals surface area contributed by atoms with Gasteiger partial charge in [-0.1, -0.05) is 55.7 Å². The third-order valence-corrected chi connectivity index (χ3v) is 7.41. The van der Waals surface area contributed by atoms with Crippen molar-refractivity contribution in [1.82, 2.24) is 0 Å². The second-order valence-corrected chi connectivity index (χ2v) is 8.78. The van der Waals surface area contributed by atoms with Crippen LogP contribution in [0.15, 0.2) is 60.7 Å². The Morgan fingerprint density at radius 3 is 1.83 bits per heavy atom. The molecule has 0 radical (unpaired) electrons. The van der Waals surface area contributed by atoms with Gasteiger partial charge in [-0.25, -0.2) is 0 Å². The van der Waals surface area contributed by atoms with Gasteiger partial charge < -0.3 is 4.52 Å². The maximum atomic E-state index is 13.8. The Morgan fingerprint density at radius 1 is 0.870 bits per heavy atom. The van der Waals surface area contributed by atoms with Crippen molar-refractivity contribution in [2.45, 2.75) is 45.1 Å². The van der Waals surface area contributed by atoms with E-state index in [1.54, 1.807) is 0 Å². The third kappa shape index (κ3) is 3.76. The first-order valence-corrected chi connectivity index (χ1v) is 10.2. The molecule has 2 aromatic rings. The van der Waals surface area contributed by atoms with Crippen LogP contribution >= 0.6 is 7.37 Å². The van der Waals surface area contributed by atoms with E-state index in [9.17, 15) is 4.57 Å². The molecule has 1 aliphatic carbocycles. The van der Waals surface area contributed by atoms with Crippen molar-refractivity contribution in [2.75, 3.05) is 0 Å². The summed E-state index contributed by atoms with van der Waals surface area (Å²) in [5.74, 6) is 0.518.